The molecule has 1 aromatic heterocycles. The second kappa shape index (κ2) is 5.90. The molecule has 7 heteroatoms. The highest BCUT2D eigenvalue weighted by Gasteiger charge is 2.20. The summed E-state index contributed by atoms with van der Waals surface area (Å²) in [4.78, 5) is 3.69. The first-order chi connectivity index (χ1) is 9.90. The lowest BCUT2D eigenvalue weighted by Gasteiger charge is -2.10. The minimum absolute atomic E-state index is 0.0172. The fourth-order valence-electron chi connectivity index (χ4n) is 1.60. The van der Waals surface area contributed by atoms with Gasteiger partial charge in [0.05, 0.1) is 6.20 Å². The molecule has 0 bridgehead atoms. The van der Waals surface area contributed by atoms with E-state index in [9.17, 15) is 22.0 Å². The Morgan fingerprint density at radius 3 is 2.38 bits per heavy atom. The summed E-state index contributed by atoms with van der Waals surface area (Å²) in [5.41, 5.74) is -0.502. The molecule has 1 aromatic carbocycles. The Kier molecular flexibility index (Phi) is 4.21. The zero-order valence-corrected chi connectivity index (χ0v) is 10.6. The topological polar surface area (TPSA) is 24.9 Å². The van der Waals surface area contributed by atoms with Crippen molar-refractivity contribution in [2.75, 3.05) is 11.9 Å². The van der Waals surface area contributed by atoms with Crippen LogP contribution in [0.25, 0.3) is 5.57 Å². The first-order valence-corrected chi connectivity index (χ1v) is 5.76. The molecule has 110 valence electrons. The third-order valence-electron chi connectivity index (χ3n) is 2.69. The molecule has 0 atom stereocenters. The van der Waals surface area contributed by atoms with Gasteiger partial charge in [-0.05, 0) is 23.8 Å². The van der Waals surface area contributed by atoms with E-state index >= 15 is 0 Å². The van der Waals surface area contributed by atoms with Crippen LogP contribution in [0.5, 0.6) is 0 Å². The standard InChI is InChI=1S/C14H9F5N2/c1-7(5-20-11-3-2-8(15)6-21-11)9-4-10(16)13(18)14(19)12(9)17/h2-4,6H,1,5H2,(H,20,21). The number of aromatic nitrogens is 1. The van der Waals surface area contributed by atoms with Gasteiger partial charge in [-0.2, -0.15) is 0 Å². The summed E-state index contributed by atoms with van der Waals surface area (Å²) in [6, 6.07) is 3.00. The van der Waals surface area contributed by atoms with Crippen molar-refractivity contribution in [1.82, 2.24) is 4.98 Å². The molecule has 0 saturated carbocycles. The van der Waals surface area contributed by atoms with Gasteiger partial charge in [0.15, 0.2) is 23.3 Å². The molecule has 0 aliphatic carbocycles. The van der Waals surface area contributed by atoms with Crippen LogP contribution in [0.1, 0.15) is 5.56 Å². The van der Waals surface area contributed by atoms with Crippen molar-refractivity contribution in [3.05, 3.63) is 65.6 Å². The van der Waals surface area contributed by atoms with E-state index in [-0.39, 0.29) is 17.9 Å². The van der Waals surface area contributed by atoms with E-state index in [0.717, 1.165) is 12.3 Å². The Morgan fingerprint density at radius 2 is 1.76 bits per heavy atom. The number of nitrogens with one attached hydrogen (secondary N) is 1. The Morgan fingerprint density at radius 1 is 1.05 bits per heavy atom. The van der Waals surface area contributed by atoms with Crippen LogP contribution in [0.3, 0.4) is 0 Å². The fourth-order valence-corrected chi connectivity index (χ4v) is 1.60. The normalized spacial score (nSPS) is 10.5. The summed E-state index contributed by atoms with van der Waals surface area (Å²) >= 11 is 0. The van der Waals surface area contributed by atoms with Gasteiger partial charge < -0.3 is 5.32 Å². The number of benzene rings is 1. The molecule has 2 aromatic rings. The largest absolute Gasteiger partial charge is 0.366 e. The van der Waals surface area contributed by atoms with E-state index < -0.39 is 34.6 Å². The Balaban J connectivity index is 2.16. The van der Waals surface area contributed by atoms with Gasteiger partial charge in [-0.15, -0.1) is 0 Å². The summed E-state index contributed by atoms with van der Waals surface area (Å²) in [6.45, 7) is 3.36. The molecule has 1 N–H and O–H groups in total. The number of hydrogen-bond acceptors (Lipinski definition) is 2. The lowest BCUT2D eigenvalue weighted by molar-refractivity contribution is 0.408. The highest BCUT2D eigenvalue weighted by atomic mass is 19.2. The van der Waals surface area contributed by atoms with Crippen LogP contribution in [0.4, 0.5) is 27.8 Å². The van der Waals surface area contributed by atoms with Crippen LogP contribution in [0.15, 0.2) is 31.0 Å². The van der Waals surface area contributed by atoms with Crippen molar-refractivity contribution in [3.8, 4) is 0 Å². The maximum absolute atomic E-state index is 13.5. The van der Waals surface area contributed by atoms with Crippen LogP contribution < -0.4 is 5.32 Å². The average molecular weight is 300 g/mol. The number of hydrogen-bond donors (Lipinski definition) is 1. The van der Waals surface area contributed by atoms with Crippen LogP contribution in [0.2, 0.25) is 0 Å². The second-order valence-electron chi connectivity index (χ2n) is 4.17. The molecule has 0 saturated heterocycles. The van der Waals surface area contributed by atoms with Gasteiger partial charge in [0.2, 0.25) is 0 Å². The predicted octanol–water partition coefficient (Wildman–Crippen LogP) is 3.90. The van der Waals surface area contributed by atoms with Gasteiger partial charge in [-0.1, -0.05) is 6.58 Å². The molecule has 2 rings (SSSR count). The van der Waals surface area contributed by atoms with Crippen LogP contribution >= 0.6 is 0 Å². The van der Waals surface area contributed by atoms with Gasteiger partial charge >= 0.3 is 0 Å². The summed E-state index contributed by atoms with van der Waals surface area (Å²) in [5.74, 6) is -7.07. The van der Waals surface area contributed by atoms with Gasteiger partial charge in [0, 0.05) is 12.1 Å². The van der Waals surface area contributed by atoms with E-state index in [1.54, 1.807) is 0 Å². The fraction of sp³-hybridized carbons (Fsp3) is 0.0714. The van der Waals surface area contributed by atoms with E-state index in [1.807, 2.05) is 0 Å². The molecular formula is C14H9F5N2. The molecule has 2 nitrogen and oxygen atoms in total. The Hall–Kier alpha value is -2.44. The van der Waals surface area contributed by atoms with Crippen molar-refractivity contribution >= 4 is 11.4 Å². The van der Waals surface area contributed by atoms with Gasteiger partial charge in [0.25, 0.3) is 0 Å². The summed E-state index contributed by atoms with van der Waals surface area (Å²) in [7, 11) is 0. The number of nitrogens with zero attached hydrogens (tertiary/aromatic N) is 1. The number of pyridine rings is 1. The minimum atomic E-state index is -1.90. The zero-order valence-electron chi connectivity index (χ0n) is 10.6. The third kappa shape index (κ3) is 3.18. The van der Waals surface area contributed by atoms with Crippen molar-refractivity contribution in [3.63, 3.8) is 0 Å². The molecular weight excluding hydrogens is 291 g/mol. The quantitative estimate of drug-likeness (QED) is 0.526. The highest BCUT2D eigenvalue weighted by molar-refractivity contribution is 5.67. The van der Waals surface area contributed by atoms with Crippen LogP contribution in [-0.4, -0.2) is 11.5 Å². The van der Waals surface area contributed by atoms with E-state index in [4.69, 9.17) is 0 Å². The minimum Gasteiger partial charge on any atom is -0.366 e. The SMILES string of the molecule is C=C(CNc1ccc(F)cn1)c1cc(F)c(F)c(F)c1F. The predicted molar refractivity (Wildman–Crippen MR) is 68.0 cm³/mol. The second-order valence-corrected chi connectivity index (χ2v) is 4.17. The van der Waals surface area contributed by atoms with Crippen molar-refractivity contribution in [2.24, 2.45) is 0 Å². The molecule has 0 spiro atoms. The Labute approximate surface area is 116 Å². The molecule has 0 aliphatic rings. The van der Waals surface area contributed by atoms with Crippen LogP contribution in [-0.2, 0) is 0 Å². The highest BCUT2D eigenvalue weighted by Crippen LogP contribution is 2.24. The van der Waals surface area contributed by atoms with Crippen molar-refractivity contribution < 1.29 is 22.0 Å². The molecule has 0 unspecified atom stereocenters. The Bertz CT molecular complexity index is 683. The third-order valence-corrected chi connectivity index (χ3v) is 2.69. The lowest BCUT2D eigenvalue weighted by Crippen LogP contribution is -2.08. The molecule has 0 amide bonds. The summed E-state index contributed by atoms with van der Waals surface area (Å²) < 4.78 is 65.2. The maximum atomic E-state index is 13.5. The van der Waals surface area contributed by atoms with Crippen molar-refractivity contribution in [1.29, 1.82) is 0 Å². The van der Waals surface area contributed by atoms with E-state index in [0.29, 0.717) is 6.07 Å². The number of anilines is 1. The molecule has 0 radical (unpaired) electrons. The monoisotopic (exact) mass is 300 g/mol. The smallest absolute Gasteiger partial charge is 0.198 e. The summed E-state index contributed by atoms with van der Waals surface area (Å²) in [5, 5.41) is 2.67. The lowest BCUT2D eigenvalue weighted by atomic mass is 10.1. The molecule has 0 fully saturated rings. The average Bonchev–Trinajstić information content (AvgIpc) is 2.48. The summed E-state index contributed by atoms with van der Waals surface area (Å²) in [6.07, 6.45) is 0.961. The number of halogens is 5. The molecule has 1 heterocycles. The van der Waals surface area contributed by atoms with Crippen LogP contribution in [0, 0.1) is 29.1 Å². The maximum Gasteiger partial charge on any atom is 0.198 e. The number of rotatable bonds is 4. The van der Waals surface area contributed by atoms with E-state index in [2.05, 4.69) is 16.9 Å². The molecule has 0 aliphatic heterocycles. The zero-order chi connectivity index (χ0) is 15.6. The first kappa shape index (κ1) is 15.0. The van der Waals surface area contributed by atoms with Gasteiger partial charge in [0.1, 0.15) is 11.6 Å². The van der Waals surface area contributed by atoms with E-state index in [1.165, 1.54) is 6.07 Å². The van der Waals surface area contributed by atoms with Gasteiger partial charge in [-0.3, -0.25) is 0 Å². The first-order valence-electron chi connectivity index (χ1n) is 5.76. The van der Waals surface area contributed by atoms with Crippen molar-refractivity contribution in [2.45, 2.75) is 0 Å². The molecule has 21 heavy (non-hydrogen) atoms. The van der Waals surface area contributed by atoms with Gasteiger partial charge in [-0.25, -0.2) is 26.9 Å².